The molecule has 0 saturated heterocycles. The van der Waals surface area contributed by atoms with E-state index in [1.54, 1.807) is 4.90 Å². The second-order valence-corrected chi connectivity index (χ2v) is 9.76. The zero-order chi connectivity index (χ0) is 23.4. The Bertz CT molecular complexity index is 972. The van der Waals surface area contributed by atoms with Gasteiger partial charge in [-0.05, 0) is 49.1 Å². The molecule has 2 aliphatic rings. The summed E-state index contributed by atoms with van der Waals surface area (Å²) in [5.74, 6) is 2.92. The van der Waals surface area contributed by atoms with Gasteiger partial charge >= 0.3 is 6.09 Å². The first-order valence-electron chi connectivity index (χ1n) is 12.3. The molecule has 1 aliphatic carbocycles. The number of amides is 1. The van der Waals surface area contributed by atoms with Gasteiger partial charge in [-0.2, -0.15) is 0 Å². The number of carbonyl (C=O) groups excluding carboxylic acids is 1. The molecule has 1 aliphatic heterocycles. The molecule has 4 rings (SSSR count). The summed E-state index contributed by atoms with van der Waals surface area (Å²) in [6.45, 7) is 9.77. The zero-order valence-corrected chi connectivity index (χ0v) is 20.2. The predicted octanol–water partition coefficient (Wildman–Crippen LogP) is 6.43. The minimum absolute atomic E-state index is 0.0295. The van der Waals surface area contributed by atoms with E-state index in [1.165, 1.54) is 6.42 Å². The minimum Gasteiger partial charge on any atom is -0.482 e. The van der Waals surface area contributed by atoms with Gasteiger partial charge < -0.3 is 9.47 Å². The number of para-hydroxylation sites is 1. The highest BCUT2D eigenvalue weighted by Crippen LogP contribution is 2.36. The summed E-state index contributed by atoms with van der Waals surface area (Å²) < 4.78 is 12.4. The number of benzene rings is 2. The van der Waals surface area contributed by atoms with Crippen molar-refractivity contribution >= 4 is 11.9 Å². The average molecular weight is 449 g/mol. The smallest absolute Gasteiger partial charge is 0.415 e. The molecule has 176 valence electrons. The van der Waals surface area contributed by atoms with Gasteiger partial charge in [0.15, 0.2) is 6.10 Å². The number of carbonyl (C=O) groups is 1. The van der Waals surface area contributed by atoms with E-state index in [-0.39, 0.29) is 18.3 Å². The molecule has 5 nitrogen and oxygen atoms in total. The third kappa shape index (κ3) is 5.40. The highest BCUT2D eigenvalue weighted by atomic mass is 16.6. The van der Waals surface area contributed by atoms with Crippen LogP contribution in [0.1, 0.15) is 47.0 Å². The molecule has 0 spiro atoms. The van der Waals surface area contributed by atoms with Crippen molar-refractivity contribution in [3.63, 3.8) is 0 Å². The molecule has 0 N–H and O–H groups in total. The van der Waals surface area contributed by atoms with Crippen LogP contribution in [0.5, 0.6) is 5.75 Å². The van der Waals surface area contributed by atoms with Crippen LogP contribution in [0.4, 0.5) is 4.79 Å². The number of ether oxygens (including phenoxy) is 2. The van der Waals surface area contributed by atoms with Crippen molar-refractivity contribution < 1.29 is 14.3 Å². The van der Waals surface area contributed by atoms with E-state index in [0.717, 1.165) is 29.7 Å². The normalized spacial score (nSPS) is 23.8. The van der Waals surface area contributed by atoms with Gasteiger partial charge in [0, 0.05) is 5.56 Å². The first kappa shape index (κ1) is 23.3. The number of nitrogens with zero attached hydrogens (tertiary/aromatic N) is 2. The molecule has 4 atom stereocenters. The van der Waals surface area contributed by atoms with Crippen molar-refractivity contribution in [3.05, 3.63) is 54.6 Å². The van der Waals surface area contributed by atoms with Gasteiger partial charge in [-0.3, -0.25) is 9.89 Å². The van der Waals surface area contributed by atoms with Gasteiger partial charge in [0.05, 0.1) is 13.1 Å². The van der Waals surface area contributed by atoms with Crippen molar-refractivity contribution in [2.75, 3.05) is 13.1 Å². The topological polar surface area (TPSA) is 51.1 Å². The number of aliphatic imine (C=N–C) groups is 1. The summed E-state index contributed by atoms with van der Waals surface area (Å²) in [4.78, 5) is 19.5. The monoisotopic (exact) mass is 448 g/mol. The van der Waals surface area contributed by atoms with Crippen LogP contribution in [0.3, 0.4) is 0 Å². The number of hydrogen-bond donors (Lipinski definition) is 0. The molecule has 2 aromatic rings. The highest BCUT2D eigenvalue weighted by Gasteiger charge is 2.37. The highest BCUT2D eigenvalue weighted by molar-refractivity contribution is 5.99. The Morgan fingerprint density at radius 3 is 2.52 bits per heavy atom. The molecule has 1 heterocycles. The van der Waals surface area contributed by atoms with E-state index in [0.29, 0.717) is 36.7 Å². The summed E-state index contributed by atoms with van der Waals surface area (Å²) >= 11 is 0. The Hall–Kier alpha value is -2.82. The number of amidine groups is 1. The molecule has 2 aromatic carbocycles. The van der Waals surface area contributed by atoms with Crippen molar-refractivity contribution in [2.45, 2.75) is 59.2 Å². The van der Waals surface area contributed by atoms with Gasteiger partial charge in [-0.15, -0.1) is 0 Å². The van der Waals surface area contributed by atoms with Crippen molar-refractivity contribution in [3.8, 4) is 16.9 Å². The molecule has 0 aromatic heterocycles. The van der Waals surface area contributed by atoms with Gasteiger partial charge in [0.1, 0.15) is 17.7 Å². The molecular weight excluding hydrogens is 412 g/mol. The molecule has 5 heteroatoms. The molecule has 1 amide bonds. The minimum atomic E-state index is -0.365. The predicted molar refractivity (Wildman–Crippen MR) is 133 cm³/mol. The van der Waals surface area contributed by atoms with Crippen LogP contribution in [-0.4, -0.2) is 42.1 Å². The molecule has 0 radical (unpaired) electrons. The van der Waals surface area contributed by atoms with Crippen LogP contribution in [0.25, 0.3) is 11.1 Å². The first-order chi connectivity index (χ1) is 15.9. The fourth-order valence-electron chi connectivity index (χ4n) is 5.11. The Morgan fingerprint density at radius 2 is 1.76 bits per heavy atom. The Morgan fingerprint density at radius 1 is 1.03 bits per heavy atom. The van der Waals surface area contributed by atoms with E-state index in [4.69, 9.17) is 9.47 Å². The summed E-state index contributed by atoms with van der Waals surface area (Å²) in [5, 5.41) is 0. The zero-order valence-electron chi connectivity index (χ0n) is 20.2. The lowest BCUT2D eigenvalue weighted by atomic mass is 9.75. The molecule has 1 fully saturated rings. The van der Waals surface area contributed by atoms with Crippen LogP contribution in [-0.2, 0) is 4.74 Å². The second-order valence-electron chi connectivity index (χ2n) is 9.76. The Kier molecular flexibility index (Phi) is 7.36. The van der Waals surface area contributed by atoms with Crippen molar-refractivity contribution in [1.29, 1.82) is 0 Å². The lowest BCUT2D eigenvalue weighted by Gasteiger charge is -2.37. The third-order valence-corrected chi connectivity index (χ3v) is 6.95. The van der Waals surface area contributed by atoms with Crippen LogP contribution in [0, 0.1) is 17.8 Å². The van der Waals surface area contributed by atoms with Crippen molar-refractivity contribution in [2.24, 2.45) is 22.7 Å². The van der Waals surface area contributed by atoms with Crippen LogP contribution < -0.4 is 4.74 Å². The maximum absolute atomic E-state index is 13.2. The van der Waals surface area contributed by atoms with E-state index in [2.05, 4.69) is 44.0 Å². The summed E-state index contributed by atoms with van der Waals surface area (Å²) in [7, 11) is 0. The lowest BCUT2D eigenvalue weighted by Crippen LogP contribution is -2.45. The molecule has 0 unspecified atom stereocenters. The standard InChI is InChI=1S/C28H36N2O3/c1-19(2)23-15-14-20(3)18-26(23)33-28(31)30-17-16-29-27(30)21(4)32-25-13-9-8-12-24(25)22-10-6-5-7-11-22/h5-13,19-21,23,26H,14-18H2,1-4H3/t20-,21-,23+,26-/m1/s1. The van der Waals surface area contributed by atoms with Gasteiger partial charge in [-0.25, -0.2) is 4.79 Å². The molecule has 1 saturated carbocycles. The fraction of sp³-hybridized carbons (Fsp3) is 0.500. The maximum atomic E-state index is 13.2. The molecule has 0 bridgehead atoms. The Labute approximate surface area is 197 Å². The van der Waals surface area contributed by atoms with Gasteiger partial charge in [0.2, 0.25) is 0 Å². The summed E-state index contributed by atoms with van der Waals surface area (Å²) in [5.41, 5.74) is 2.12. The lowest BCUT2D eigenvalue weighted by molar-refractivity contribution is -0.00297. The largest absolute Gasteiger partial charge is 0.482 e. The summed E-state index contributed by atoms with van der Waals surface area (Å²) in [6.07, 6.45) is 2.58. The van der Waals surface area contributed by atoms with Crippen LogP contribution in [0.15, 0.2) is 59.6 Å². The molecular formula is C28H36N2O3. The number of hydrogen-bond acceptors (Lipinski definition) is 4. The number of rotatable bonds is 6. The third-order valence-electron chi connectivity index (χ3n) is 6.95. The van der Waals surface area contributed by atoms with Crippen LogP contribution in [0.2, 0.25) is 0 Å². The van der Waals surface area contributed by atoms with E-state index >= 15 is 0 Å². The second kappa shape index (κ2) is 10.4. The SMILES string of the molecule is CC(C)[C@@H]1CC[C@@H](C)C[C@H]1OC(=O)N1CCN=C1[C@@H](C)Oc1ccccc1-c1ccccc1. The Balaban J connectivity index is 1.46. The molecule has 33 heavy (non-hydrogen) atoms. The van der Waals surface area contributed by atoms with Crippen molar-refractivity contribution in [1.82, 2.24) is 4.90 Å². The van der Waals surface area contributed by atoms with Gasteiger partial charge in [-0.1, -0.05) is 75.7 Å². The first-order valence-corrected chi connectivity index (χ1v) is 12.3. The average Bonchev–Trinajstić information content (AvgIpc) is 3.30. The van der Waals surface area contributed by atoms with Crippen LogP contribution >= 0.6 is 0 Å². The van der Waals surface area contributed by atoms with Gasteiger partial charge in [0.25, 0.3) is 0 Å². The van der Waals surface area contributed by atoms with E-state index in [9.17, 15) is 4.79 Å². The maximum Gasteiger partial charge on any atom is 0.415 e. The quantitative estimate of drug-likeness (QED) is 0.511. The fourth-order valence-corrected chi connectivity index (χ4v) is 5.11. The summed E-state index contributed by atoms with van der Waals surface area (Å²) in [6, 6.07) is 18.2. The van der Waals surface area contributed by atoms with E-state index < -0.39 is 0 Å². The van der Waals surface area contributed by atoms with E-state index in [1.807, 2.05) is 43.3 Å².